The molecule has 0 radical (unpaired) electrons. The molecule has 3 saturated carbocycles. The van der Waals surface area contributed by atoms with Crippen LogP contribution in [-0.2, 0) is 4.79 Å². The van der Waals surface area contributed by atoms with E-state index in [0.29, 0.717) is 11.9 Å². The van der Waals surface area contributed by atoms with Crippen LogP contribution >= 0.6 is 0 Å². The van der Waals surface area contributed by atoms with Gasteiger partial charge in [0, 0.05) is 37.4 Å². The lowest BCUT2D eigenvalue weighted by molar-refractivity contribution is -0.126. The number of hydrogen-bond donors (Lipinski definition) is 1. The number of anilines is 1. The molecule has 2 bridgehead atoms. The normalized spacial score (nSPS) is 37.3. The average molecular weight is 340 g/mol. The lowest BCUT2D eigenvalue weighted by atomic mass is 9.79. The third kappa shape index (κ3) is 2.72. The van der Waals surface area contributed by atoms with E-state index in [2.05, 4.69) is 20.2 Å². The van der Waals surface area contributed by atoms with Gasteiger partial charge in [-0.25, -0.2) is 9.97 Å². The lowest BCUT2D eigenvalue weighted by Crippen LogP contribution is -2.47. The van der Waals surface area contributed by atoms with Crippen LogP contribution in [0.2, 0.25) is 0 Å². The van der Waals surface area contributed by atoms with E-state index in [4.69, 9.17) is 0 Å². The third-order valence-electron chi connectivity index (χ3n) is 7.46. The molecular formula is C20H28N4O. The maximum absolute atomic E-state index is 12.8. The summed E-state index contributed by atoms with van der Waals surface area (Å²) in [6, 6.07) is 2.31. The smallest absolute Gasteiger partial charge is 0.225 e. The SMILES string of the molecule is O=C(N[C@@H]1C[C@H]2C[C@H]1[C@H]1CCC[C@H]21)C1CCN(c2ncccn2)CC1. The molecule has 0 unspecified atom stereocenters. The van der Waals surface area contributed by atoms with Crippen molar-refractivity contribution in [2.75, 3.05) is 18.0 Å². The van der Waals surface area contributed by atoms with Crippen molar-refractivity contribution in [3.63, 3.8) is 0 Å². The number of piperidine rings is 1. The monoisotopic (exact) mass is 340 g/mol. The van der Waals surface area contributed by atoms with E-state index in [1.807, 2.05) is 6.07 Å². The van der Waals surface area contributed by atoms with Crippen molar-refractivity contribution in [3.05, 3.63) is 18.5 Å². The fourth-order valence-corrected chi connectivity index (χ4v) is 6.33. The van der Waals surface area contributed by atoms with Crippen LogP contribution in [0.4, 0.5) is 5.95 Å². The molecule has 4 fully saturated rings. The Kier molecular flexibility index (Phi) is 3.90. The summed E-state index contributed by atoms with van der Waals surface area (Å²) in [5.41, 5.74) is 0. The van der Waals surface area contributed by atoms with Gasteiger partial charge in [0.25, 0.3) is 0 Å². The van der Waals surface area contributed by atoms with Crippen LogP contribution in [0.3, 0.4) is 0 Å². The minimum atomic E-state index is 0.165. The van der Waals surface area contributed by atoms with Crippen LogP contribution in [0, 0.1) is 29.6 Å². The molecule has 5 atom stereocenters. The van der Waals surface area contributed by atoms with Crippen LogP contribution in [0.1, 0.15) is 44.9 Å². The zero-order chi connectivity index (χ0) is 16.8. The Morgan fingerprint density at radius 1 is 1.00 bits per heavy atom. The first-order chi connectivity index (χ1) is 12.3. The third-order valence-corrected chi connectivity index (χ3v) is 7.46. The summed E-state index contributed by atoms with van der Waals surface area (Å²) in [5.74, 6) is 4.86. The van der Waals surface area contributed by atoms with Gasteiger partial charge in [0.15, 0.2) is 0 Å². The Morgan fingerprint density at radius 2 is 1.76 bits per heavy atom. The number of hydrogen-bond acceptors (Lipinski definition) is 4. The average Bonchev–Trinajstić information content (AvgIpc) is 3.36. The molecule has 1 aromatic rings. The number of amides is 1. The molecule has 1 aliphatic heterocycles. The summed E-state index contributed by atoms with van der Waals surface area (Å²) >= 11 is 0. The van der Waals surface area contributed by atoms with E-state index in [1.54, 1.807) is 12.4 Å². The molecule has 1 N–H and O–H groups in total. The minimum absolute atomic E-state index is 0.165. The van der Waals surface area contributed by atoms with Gasteiger partial charge in [-0.05, 0) is 68.3 Å². The molecule has 2 heterocycles. The lowest BCUT2D eigenvalue weighted by Gasteiger charge is -2.35. The molecule has 0 spiro atoms. The summed E-state index contributed by atoms with van der Waals surface area (Å²) in [5, 5.41) is 3.46. The molecule has 1 saturated heterocycles. The molecule has 5 nitrogen and oxygen atoms in total. The van der Waals surface area contributed by atoms with E-state index in [9.17, 15) is 4.79 Å². The largest absolute Gasteiger partial charge is 0.353 e. The molecular weight excluding hydrogens is 312 g/mol. The minimum Gasteiger partial charge on any atom is -0.353 e. The second-order valence-corrected chi connectivity index (χ2v) is 8.58. The Bertz CT molecular complexity index is 628. The van der Waals surface area contributed by atoms with Gasteiger partial charge in [0.2, 0.25) is 11.9 Å². The van der Waals surface area contributed by atoms with Gasteiger partial charge in [0.05, 0.1) is 0 Å². The van der Waals surface area contributed by atoms with Crippen LogP contribution in [0.25, 0.3) is 0 Å². The second-order valence-electron chi connectivity index (χ2n) is 8.58. The van der Waals surface area contributed by atoms with E-state index in [1.165, 1.54) is 32.1 Å². The predicted octanol–water partition coefficient (Wildman–Crippen LogP) is 2.63. The second kappa shape index (κ2) is 6.26. The molecule has 25 heavy (non-hydrogen) atoms. The molecule has 1 aromatic heterocycles. The van der Waals surface area contributed by atoms with E-state index in [-0.39, 0.29) is 5.92 Å². The van der Waals surface area contributed by atoms with Crippen LogP contribution in [0.15, 0.2) is 18.5 Å². The number of aromatic nitrogens is 2. The topological polar surface area (TPSA) is 58.1 Å². The number of carbonyl (C=O) groups excluding carboxylic acids is 1. The number of fused-ring (bicyclic) bond motifs is 5. The van der Waals surface area contributed by atoms with Crippen molar-refractivity contribution in [1.29, 1.82) is 0 Å². The van der Waals surface area contributed by atoms with Gasteiger partial charge in [-0.15, -0.1) is 0 Å². The fourth-order valence-electron chi connectivity index (χ4n) is 6.33. The Labute approximate surface area is 149 Å². The van der Waals surface area contributed by atoms with E-state index >= 15 is 0 Å². The van der Waals surface area contributed by atoms with Crippen LogP contribution < -0.4 is 10.2 Å². The zero-order valence-corrected chi connectivity index (χ0v) is 14.8. The van der Waals surface area contributed by atoms with Crippen molar-refractivity contribution in [2.45, 2.75) is 51.0 Å². The van der Waals surface area contributed by atoms with Crippen molar-refractivity contribution >= 4 is 11.9 Å². The van der Waals surface area contributed by atoms with Gasteiger partial charge in [-0.3, -0.25) is 4.79 Å². The number of carbonyl (C=O) groups is 1. The highest BCUT2D eigenvalue weighted by molar-refractivity contribution is 5.79. The van der Waals surface area contributed by atoms with Gasteiger partial charge in [-0.1, -0.05) is 6.42 Å². The van der Waals surface area contributed by atoms with Gasteiger partial charge >= 0.3 is 0 Å². The summed E-state index contributed by atoms with van der Waals surface area (Å²) in [6.07, 6.45) is 12.3. The zero-order valence-electron chi connectivity index (χ0n) is 14.8. The van der Waals surface area contributed by atoms with E-state index < -0.39 is 0 Å². The summed E-state index contributed by atoms with van der Waals surface area (Å²) in [6.45, 7) is 1.76. The van der Waals surface area contributed by atoms with Crippen molar-refractivity contribution in [1.82, 2.24) is 15.3 Å². The predicted molar refractivity (Wildman–Crippen MR) is 95.9 cm³/mol. The molecule has 3 aliphatic carbocycles. The molecule has 134 valence electrons. The van der Waals surface area contributed by atoms with Crippen molar-refractivity contribution < 1.29 is 4.79 Å². The summed E-state index contributed by atoms with van der Waals surface area (Å²) in [7, 11) is 0. The highest BCUT2D eigenvalue weighted by Crippen LogP contribution is 2.58. The van der Waals surface area contributed by atoms with Gasteiger partial charge in [0.1, 0.15) is 0 Å². The highest BCUT2D eigenvalue weighted by Gasteiger charge is 2.54. The first kappa shape index (κ1) is 15.6. The van der Waals surface area contributed by atoms with Gasteiger partial charge < -0.3 is 10.2 Å². The van der Waals surface area contributed by atoms with Crippen LogP contribution in [-0.4, -0.2) is 35.0 Å². The summed E-state index contributed by atoms with van der Waals surface area (Å²) < 4.78 is 0. The first-order valence-electron chi connectivity index (χ1n) is 10.1. The Morgan fingerprint density at radius 3 is 2.56 bits per heavy atom. The van der Waals surface area contributed by atoms with Gasteiger partial charge in [-0.2, -0.15) is 0 Å². The molecule has 5 rings (SSSR count). The fraction of sp³-hybridized carbons (Fsp3) is 0.750. The number of nitrogens with zero attached hydrogens (tertiary/aromatic N) is 3. The number of nitrogens with one attached hydrogen (secondary N) is 1. The molecule has 4 aliphatic rings. The van der Waals surface area contributed by atoms with Crippen molar-refractivity contribution in [3.8, 4) is 0 Å². The maximum atomic E-state index is 12.8. The number of rotatable bonds is 3. The maximum Gasteiger partial charge on any atom is 0.225 e. The highest BCUT2D eigenvalue weighted by atomic mass is 16.2. The van der Waals surface area contributed by atoms with Crippen LogP contribution in [0.5, 0.6) is 0 Å². The summed E-state index contributed by atoms with van der Waals surface area (Å²) in [4.78, 5) is 23.7. The van der Waals surface area contributed by atoms with E-state index in [0.717, 1.165) is 55.6 Å². The molecule has 0 aromatic carbocycles. The van der Waals surface area contributed by atoms with Crippen molar-refractivity contribution in [2.24, 2.45) is 29.6 Å². The Balaban J connectivity index is 1.15. The molecule has 5 heteroatoms. The molecule has 1 amide bonds. The first-order valence-corrected chi connectivity index (χ1v) is 10.1. The quantitative estimate of drug-likeness (QED) is 0.919. The standard InChI is InChI=1S/C20H28N4O/c25-19(13-5-9-24(10-6-13)20-21-7-2-8-22-20)23-18-12-14-11-17(18)16-4-1-3-15(14)16/h2,7-8,13-18H,1,3-6,9-12H2,(H,23,25)/t14-,15-,16+,17+,18-/m1/s1. The Hall–Kier alpha value is -1.65.